The fourth-order valence-corrected chi connectivity index (χ4v) is 2.21. The molecule has 0 bridgehead atoms. The van der Waals surface area contributed by atoms with Gasteiger partial charge in [-0.3, -0.25) is 4.79 Å². The lowest BCUT2D eigenvalue weighted by Gasteiger charge is -2.38. The number of anilines is 1. The highest BCUT2D eigenvalue weighted by Gasteiger charge is 2.32. The van der Waals surface area contributed by atoms with Gasteiger partial charge in [-0.1, -0.05) is 0 Å². The number of amides is 2. The predicted octanol–water partition coefficient (Wildman–Crippen LogP) is 1.94. The summed E-state index contributed by atoms with van der Waals surface area (Å²) in [6.45, 7) is 2.88. The second-order valence-electron chi connectivity index (χ2n) is 4.98. The van der Waals surface area contributed by atoms with E-state index in [0.29, 0.717) is 13.1 Å². The Bertz CT molecular complexity index is 524. The summed E-state index contributed by atoms with van der Waals surface area (Å²) in [4.78, 5) is 24.1. The van der Waals surface area contributed by atoms with E-state index in [0.717, 1.165) is 17.0 Å². The van der Waals surface area contributed by atoms with Crippen LogP contribution in [0.4, 0.5) is 10.5 Å². The van der Waals surface area contributed by atoms with Gasteiger partial charge in [-0.05, 0) is 30.7 Å². The molecule has 6 heteroatoms. The fraction of sp³-hybridized carbons (Fsp3) is 0.429. The van der Waals surface area contributed by atoms with Crippen LogP contribution in [0.2, 0.25) is 0 Å². The molecule has 0 unspecified atom stereocenters. The summed E-state index contributed by atoms with van der Waals surface area (Å²) in [5.74, 6) is -0.0118. The Balaban J connectivity index is 1.88. The minimum Gasteiger partial charge on any atom is -0.497 e. The molecule has 1 aliphatic heterocycles. The van der Waals surface area contributed by atoms with E-state index in [1.54, 1.807) is 24.1 Å². The van der Waals surface area contributed by atoms with Crippen LogP contribution >= 0.6 is 0 Å². The summed E-state index contributed by atoms with van der Waals surface area (Å²) in [5.41, 5.74) is 1.65. The standard InChI is InChI=1S/C14H18N2O4/c1-9-5-11(20-2)3-4-12(9)15-14(19)16-7-10(8-16)6-13(17)18/h3-5,10H,6-8H2,1-2H3,(H,15,19)(H,17,18). The van der Waals surface area contributed by atoms with Crippen molar-refractivity contribution in [3.8, 4) is 5.75 Å². The average Bonchev–Trinajstić information content (AvgIpc) is 2.35. The average molecular weight is 278 g/mol. The van der Waals surface area contributed by atoms with Crippen molar-refractivity contribution in [2.24, 2.45) is 5.92 Å². The first-order valence-electron chi connectivity index (χ1n) is 6.42. The Morgan fingerprint density at radius 1 is 1.45 bits per heavy atom. The summed E-state index contributed by atoms with van der Waals surface area (Å²) < 4.78 is 5.11. The first-order valence-corrected chi connectivity index (χ1v) is 6.42. The van der Waals surface area contributed by atoms with Crippen LogP contribution < -0.4 is 10.1 Å². The van der Waals surface area contributed by atoms with E-state index in [1.165, 1.54) is 0 Å². The molecule has 0 atom stereocenters. The van der Waals surface area contributed by atoms with E-state index in [9.17, 15) is 9.59 Å². The fourth-order valence-electron chi connectivity index (χ4n) is 2.21. The molecule has 0 spiro atoms. The van der Waals surface area contributed by atoms with Gasteiger partial charge in [0.1, 0.15) is 5.75 Å². The molecule has 0 radical (unpaired) electrons. The van der Waals surface area contributed by atoms with Gasteiger partial charge in [0.25, 0.3) is 0 Å². The maximum atomic E-state index is 12.0. The smallest absolute Gasteiger partial charge is 0.321 e. The Hall–Kier alpha value is -2.24. The molecule has 1 aliphatic rings. The number of ether oxygens (including phenoxy) is 1. The summed E-state index contributed by atoms with van der Waals surface area (Å²) >= 11 is 0. The number of nitrogens with zero attached hydrogens (tertiary/aromatic N) is 1. The van der Waals surface area contributed by atoms with Crippen LogP contribution in [0.5, 0.6) is 5.75 Å². The Labute approximate surface area is 117 Å². The number of carbonyl (C=O) groups is 2. The molecule has 2 N–H and O–H groups in total. The molecule has 1 heterocycles. The van der Waals surface area contributed by atoms with Crippen LogP contribution in [-0.4, -0.2) is 42.2 Å². The van der Waals surface area contributed by atoms with Crippen molar-refractivity contribution in [3.63, 3.8) is 0 Å². The van der Waals surface area contributed by atoms with Crippen molar-refractivity contribution in [2.75, 3.05) is 25.5 Å². The number of urea groups is 1. The van der Waals surface area contributed by atoms with E-state index in [1.807, 2.05) is 13.0 Å². The molecule has 2 rings (SSSR count). The first kappa shape index (κ1) is 14.2. The third-order valence-corrected chi connectivity index (χ3v) is 3.38. The van der Waals surface area contributed by atoms with Crippen LogP contribution in [0.1, 0.15) is 12.0 Å². The van der Waals surface area contributed by atoms with Gasteiger partial charge in [0, 0.05) is 24.7 Å². The lowest BCUT2D eigenvalue weighted by atomic mass is 9.97. The van der Waals surface area contributed by atoms with Gasteiger partial charge < -0.3 is 20.1 Å². The van der Waals surface area contributed by atoms with E-state index in [2.05, 4.69) is 5.32 Å². The number of benzene rings is 1. The summed E-state index contributed by atoms with van der Waals surface area (Å²) in [5, 5.41) is 11.5. The lowest BCUT2D eigenvalue weighted by molar-refractivity contribution is -0.139. The molecular weight excluding hydrogens is 260 g/mol. The van der Waals surface area contributed by atoms with Crippen LogP contribution in [0.25, 0.3) is 0 Å². The molecule has 1 saturated heterocycles. The number of rotatable bonds is 4. The molecule has 1 aromatic carbocycles. The van der Waals surface area contributed by atoms with E-state index in [4.69, 9.17) is 9.84 Å². The number of aliphatic carboxylic acids is 1. The third-order valence-electron chi connectivity index (χ3n) is 3.38. The monoisotopic (exact) mass is 278 g/mol. The highest BCUT2D eigenvalue weighted by molar-refractivity contribution is 5.90. The maximum Gasteiger partial charge on any atom is 0.321 e. The summed E-state index contributed by atoms with van der Waals surface area (Å²) in [6.07, 6.45) is 0.116. The number of nitrogens with one attached hydrogen (secondary N) is 1. The molecule has 1 fully saturated rings. The van der Waals surface area contributed by atoms with Gasteiger partial charge in [-0.25, -0.2) is 4.79 Å². The number of likely N-dealkylation sites (tertiary alicyclic amines) is 1. The van der Waals surface area contributed by atoms with Crippen molar-refractivity contribution in [3.05, 3.63) is 23.8 Å². The van der Waals surface area contributed by atoms with Crippen LogP contribution in [0.15, 0.2) is 18.2 Å². The van der Waals surface area contributed by atoms with Crippen LogP contribution in [0.3, 0.4) is 0 Å². The SMILES string of the molecule is COc1ccc(NC(=O)N2CC(CC(=O)O)C2)c(C)c1. The number of methoxy groups -OCH3 is 1. The molecule has 0 aromatic heterocycles. The minimum absolute atomic E-state index is 0.0650. The topological polar surface area (TPSA) is 78.9 Å². The molecular formula is C14H18N2O4. The van der Waals surface area contributed by atoms with Crippen molar-refractivity contribution in [2.45, 2.75) is 13.3 Å². The molecule has 0 saturated carbocycles. The van der Waals surface area contributed by atoms with Gasteiger partial charge in [-0.15, -0.1) is 0 Å². The van der Waals surface area contributed by atoms with Crippen molar-refractivity contribution < 1.29 is 19.4 Å². The second-order valence-corrected chi connectivity index (χ2v) is 4.98. The highest BCUT2D eigenvalue weighted by Crippen LogP contribution is 2.24. The largest absolute Gasteiger partial charge is 0.497 e. The number of hydrogen-bond acceptors (Lipinski definition) is 3. The van der Waals surface area contributed by atoms with E-state index in [-0.39, 0.29) is 18.4 Å². The Morgan fingerprint density at radius 2 is 2.15 bits per heavy atom. The van der Waals surface area contributed by atoms with E-state index < -0.39 is 5.97 Å². The van der Waals surface area contributed by atoms with Gasteiger partial charge in [0.15, 0.2) is 0 Å². The van der Waals surface area contributed by atoms with Crippen molar-refractivity contribution in [1.29, 1.82) is 0 Å². The minimum atomic E-state index is -0.818. The first-order chi connectivity index (χ1) is 9.49. The van der Waals surface area contributed by atoms with E-state index >= 15 is 0 Å². The summed E-state index contributed by atoms with van der Waals surface area (Å²) in [7, 11) is 1.59. The summed E-state index contributed by atoms with van der Waals surface area (Å²) in [6, 6.07) is 5.23. The molecule has 0 aliphatic carbocycles. The molecule has 2 amide bonds. The van der Waals surface area contributed by atoms with Crippen LogP contribution in [0, 0.1) is 12.8 Å². The van der Waals surface area contributed by atoms with Crippen molar-refractivity contribution in [1.82, 2.24) is 4.90 Å². The van der Waals surface area contributed by atoms with Crippen LogP contribution in [-0.2, 0) is 4.79 Å². The quantitative estimate of drug-likeness (QED) is 0.882. The maximum absolute atomic E-state index is 12.0. The normalized spacial score (nSPS) is 14.6. The number of aryl methyl sites for hydroxylation is 1. The zero-order chi connectivity index (χ0) is 14.7. The lowest BCUT2D eigenvalue weighted by Crippen LogP contribution is -2.52. The second kappa shape index (κ2) is 5.81. The highest BCUT2D eigenvalue weighted by atomic mass is 16.5. The molecule has 108 valence electrons. The number of carboxylic acids is 1. The molecule has 1 aromatic rings. The molecule has 20 heavy (non-hydrogen) atoms. The van der Waals surface area contributed by atoms with Gasteiger partial charge in [-0.2, -0.15) is 0 Å². The number of carbonyl (C=O) groups excluding carboxylic acids is 1. The third kappa shape index (κ3) is 3.20. The predicted molar refractivity (Wildman–Crippen MR) is 74.1 cm³/mol. The van der Waals surface area contributed by atoms with Crippen molar-refractivity contribution >= 4 is 17.7 Å². The zero-order valence-electron chi connectivity index (χ0n) is 11.5. The number of carboxylic acid groups (broad SMARTS) is 1. The van der Waals surface area contributed by atoms with Gasteiger partial charge >= 0.3 is 12.0 Å². The Kier molecular flexibility index (Phi) is 4.12. The van der Waals surface area contributed by atoms with Gasteiger partial charge in [0.05, 0.1) is 13.5 Å². The van der Waals surface area contributed by atoms with Gasteiger partial charge in [0.2, 0.25) is 0 Å². The number of hydrogen-bond donors (Lipinski definition) is 2. The Morgan fingerprint density at radius 3 is 2.70 bits per heavy atom. The molecule has 6 nitrogen and oxygen atoms in total. The zero-order valence-corrected chi connectivity index (χ0v) is 11.5.